The largest absolute Gasteiger partial charge is 0.519 e. The first-order chi connectivity index (χ1) is 7.83. The molecule has 78 valence electrons. The molecule has 3 nitrogen and oxygen atoms in total. The van der Waals surface area contributed by atoms with Gasteiger partial charge in [0.15, 0.2) is 0 Å². The molecule has 0 N–H and O–H groups in total. The zero-order valence-electron chi connectivity index (χ0n) is 8.34. The lowest BCUT2D eigenvalue weighted by Gasteiger charge is -2.04. The summed E-state index contributed by atoms with van der Waals surface area (Å²) in [6.45, 7) is 0. The lowest BCUT2D eigenvalue weighted by molar-refractivity contribution is 0.155. The van der Waals surface area contributed by atoms with Crippen LogP contribution >= 0.6 is 0 Å². The molecule has 4 rings (SSSR count). The minimum Gasteiger partial charge on any atom is -0.395 e. The predicted octanol–water partition coefficient (Wildman–Crippen LogP) is 3.24. The summed E-state index contributed by atoms with van der Waals surface area (Å²) < 4.78 is 9.97. The van der Waals surface area contributed by atoms with E-state index in [9.17, 15) is 4.79 Å². The van der Waals surface area contributed by atoms with Gasteiger partial charge in [-0.15, -0.1) is 0 Å². The third-order valence-electron chi connectivity index (χ3n) is 2.43. The summed E-state index contributed by atoms with van der Waals surface area (Å²) in [6.07, 6.45) is -0.683. The van der Waals surface area contributed by atoms with Crippen molar-refractivity contribution in [2.45, 2.75) is 0 Å². The Kier molecular flexibility index (Phi) is 1.90. The minimum absolute atomic E-state index is 0.505. The van der Waals surface area contributed by atoms with Crippen LogP contribution in [0, 0.1) is 0 Å². The lowest BCUT2D eigenvalue weighted by Crippen LogP contribution is -2.10. The van der Waals surface area contributed by atoms with E-state index in [1.54, 1.807) is 18.2 Å². The van der Waals surface area contributed by atoms with Crippen molar-refractivity contribution in [3.63, 3.8) is 0 Å². The molecule has 0 amide bonds. The summed E-state index contributed by atoms with van der Waals surface area (Å²) in [5.41, 5.74) is 1.86. The summed E-state index contributed by atoms with van der Waals surface area (Å²) in [5.74, 6) is 1.03. The van der Waals surface area contributed by atoms with Gasteiger partial charge in [0, 0.05) is 5.56 Å². The number of fused-ring (bicyclic) bond motifs is 4. The fourth-order valence-corrected chi connectivity index (χ4v) is 1.71. The van der Waals surface area contributed by atoms with E-state index in [1.165, 1.54) is 0 Å². The Morgan fingerprint density at radius 3 is 2.50 bits per heavy atom. The van der Waals surface area contributed by atoms with E-state index in [1.807, 2.05) is 30.3 Å². The summed E-state index contributed by atoms with van der Waals surface area (Å²) in [6, 6.07) is 15.0. The van der Waals surface area contributed by atoms with Crippen LogP contribution in [-0.4, -0.2) is 6.16 Å². The van der Waals surface area contributed by atoms with E-state index < -0.39 is 6.16 Å². The molecule has 0 aromatic heterocycles. The molecular formula is C13H8O3. The lowest BCUT2D eigenvalue weighted by atomic mass is 10.0. The number of carbonyl (C=O) groups is 1. The average Bonchev–Trinajstić information content (AvgIpc) is 2.58. The zero-order valence-corrected chi connectivity index (χ0v) is 8.34. The number of rotatable bonds is 1. The standard InChI is InChI=1S/C13H8O3/c14-13-15-10-6-7-12(16-13)11(8-10)9-4-2-1-3-5-9/h1-8H. The van der Waals surface area contributed by atoms with Crippen LogP contribution in [0.4, 0.5) is 4.79 Å². The molecule has 2 aliphatic heterocycles. The van der Waals surface area contributed by atoms with Gasteiger partial charge in [-0.2, -0.15) is 0 Å². The first kappa shape index (κ1) is 8.97. The highest BCUT2D eigenvalue weighted by molar-refractivity contribution is 5.79. The molecule has 0 aliphatic carbocycles. The summed E-state index contributed by atoms with van der Waals surface area (Å²) >= 11 is 0. The van der Waals surface area contributed by atoms with Crippen LogP contribution in [0.25, 0.3) is 11.1 Å². The average molecular weight is 212 g/mol. The first-order valence-electron chi connectivity index (χ1n) is 4.92. The zero-order chi connectivity index (χ0) is 11.0. The van der Waals surface area contributed by atoms with Crippen molar-refractivity contribution in [3.05, 3.63) is 48.5 Å². The van der Waals surface area contributed by atoms with Gasteiger partial charge in [-0.05, 0) is 23.8 Å². The first-order valence-corrected chi connectivity index (χ1v) is 4.92. The summed E-state index contributed by atoms with van der Waals surface area (Å²) in [5, 5.41) is 0. The fraction of sp³-hybridized carbons (Fsp3) is 0. The number of carbonyl (C=O) groups excluding carboxylic acids is 1. The quantitative estimate of drug-likeness (QED) is 0.537. The van der Waals surface area contributed by atoms with Crippen molar-refractivity contribution in [1.82, 2.24) is 0 Å². The van der Waals surface area contributed by atoms with Crippen LogP contribution in [0.1, 0.15) is 0 Å². The monoisotopic (exact) mass is 212 g/mol. The third kappa shape index (κ3) is 1.42. The van der Waals surface area contributed by atoms with Crippen molar-refractivity contribution in [3.8, 4) is 22.6 Å². The molecule has 3 heteroatoms. The smallest absolute Gasteiger partial charge is 0.395 e. The highest BCUT2D eigenvalue weighted by Crippen LogP contribution is 2.35. The topological polar surface area (TPSA) is 35.5 Å². The predicted molar refractivity (Wildman–Crippen MR) is 58.5 cm³/mol. The van der Waals surface area contributed by atoms with Gasteiger partial charge in [0.2, 0.25) is 0 Å². The SMILES string of the molecule is O=C1Oc2ccc(c(-c3ccccc3)c2)O1. The minimum atomic E-state index is -0.683. The number of benzene rings is 2. The summed E-state index contributed by atoms with van der Waals surface area (Å²) in [7, 11) is 0. The Bertz CT molecular complexity index is 546. The highest BCUT2D eigenvalue weighted by atomic mass is 16.7. The molecule has 0 saturated carbocycles. The molecular weight excluding hydrogens is 204 g/mol. The highest BCUT2D eigenvalue weighted by Gasteiger charge is 2.18. The van der Waals surface area contributed by atoms with Crippen molar-refractivity contribution in [1.29, 1.82) is 0 Å². The Hall–Kier alpha value is -2.29. The molecule has 2 aromatic rings. The van der Waals surface area contributed by atoms with Gasteiger partial charge in [0.05, 0.1) is 0 Å². The van der Waals surface area contributed by atoms with Gasteiger partial charge >= 0.3 is 6.16 Å². The summed E-state index contributed by atoms with van der Waals surface area (Å²) in [4.78, 5) is 11.2. The molecule has 2 aliphatic rings. The molecule has 0 unspecified atom stereocenters. The second-order valence-corrected chi connectivity index (χ2v) is 3.48. The van der Waals surface area contributed by atoms with Crippen LogP contribution in [-0.2, 0) is 0 Å². The Balaban J connectivity index is 2.18. The molecule has 2 bridgehead atoms. The Morgan fingerprint density at radius 2 is 1.69 bits per heavy atom. The maximum atomic E-state index is 11.2. The van der Waals surface area contributed by atoms with Crippen LogP contribution in [0.2, 0.25) is 0 Å². The number of ether oxygens (including phenoxy) is 2. The maximum Gasteiger partial charge on any atom is 0.519 e. The van der Waals surface area contributed by atoms with Crippen LogP contribution in [0.3, 0.4) is 0 Å². The van der Waals surface area contributed by atoms with Crippen molar-refractivity contribution >= 4 is 6.16 Å². The Morgan fingerprint density at radius 1 is 0.875 bits per heavy atom. The normalized spacial score (nSPS) is 12.9. The van der Waals surface area contributed by atoms with Crippen LogP contribution in [0.5, 0.6) is 11.5 Å². The molecule has 0 atom stereocenters. The van der Waals surface area contributed by atoms with Gasteiger partial charge in [-0.25, -0.2) is 4.79 Å². The molecule has 2 heterocycles. The van der Waals surface area contributed by atoms with E-state index >= 15 is 0 Å². The second kappa shape index (κ2) is 3.38. The molecule has 0 saturated heterocycles. The number of hydrogen-bond acceptors (Lipinski definition) is 3. The van der Waals surface area contributed by atoms with E-state index in [-0.39, 0.29) is 0 Å². The number of hydrogen-bond donors (Lipinski definition) is 0. The van der Waals surface area contributed by atoms with E-state index in [0.29, 0.717) is 11.5 Å². The molecule has 0 radical (unpaired) electrons. The van der Waals surface area contributed by atoms with Crippen LogP contribution < -0.4 is 9.47 Å². The Labute approximate surface area is 92.2 Å². The molecule has 0 fully saturated rings. The van der Waals surface area contributed by atoms with Gasteiger partial charge in [-0.3, -0.25) is 0 Å². The van der Waals surface area contributed by atoms with Gasteiger partial charge in [-0.1, -0.05) is 30.3 Å². The third-order valence-corrected chi connectivity index (χ3v) is 2.43. The van der Waals surface area contributed by atoms with Crippen molar-refractivity contribution < 1.29 is 14.3 Å². The van der Waals surface area contributed by atoms with E-state index in [0.717, 1.165) is 11.1 Å². The van der Waals surface area contributed by atoms with Crippen molar-refractivity contribution in [2.75, 3.05) is 0 Å². The van der Waals surface area contributed by atoms with E-state index in [4.69, 9.17) is 9.47 Å². The molecule has 16 heavy (non-hydrogen) atoms. The molecule has 0 spiro atoms. The van der Waals surface area contributed by atoms with Gasteiger partial charge < -0.3 is 9.47 Å². The van der Waals surface area contributed by atoms with Crippen LogP contribution in [0.15, 0.2) is 48.5 Å². The van der Waals surface area contributed by atoms with Gasteiger partial charge in [0.1, 0.15) is 11.5 Å². The fourth-order valence-electron chi connectivity index (χ4n) is 1.71. The van der Waals surface area contributed by atoms with Gasteiger partial charge in [0.25, 0.3) is 0 Å². The van der Waals surface area contributed by atoms with Crippen molar-refractivity contribution in [2.24, 2.45) is 0 Å². The maximum absolute atomic E-state index is 11.2. The second-order valence-electron chi connectivity index (χ2n) is 3.48. The van der Waals surface area contributed by atoms with E-state index in [2.05, 4.69) is 0 Å². The molecule has 2 aromatic carbocycles.